The van der Waals surface area contributed by atoms with Gasteiger partial charge in [-0.3, -0.25) is 0 Å². The summed E-state index contributed by atoms with van der Waals surface area (Å²) in [7, 11) is 0. The highest BCUT2D eigenvalue weighted by Gasteiger charge is 2.19. The Morgan fingerprint density at radius 1 is 1.41 bits per heavy atom. The largest absolute Gasteiger partial charge is 0.464 e. The van der Waals surface area contributed by atoms with Crippen LogP contribution in [0.5, 0.6) is 0 Å². The Kier molecular flexibility index (Phi) is 5.63. The molecule has 0 spiro atoms. The van der Waals surface area contributed by atoms with Crippen molar-refractivity contribution < 1.29 is 9.53 Å². The third-order valence-corrected chi connectivity index (χ3v) is 2.56. The van der Waals surface area contributed by atoms with Crippen molar-refractivity contribution in [1.29, 1.82) is 0 Å². The smallest absolute Gasteiger partial charge is 0.334 e. The van der Waals surface area contributed by atoms with Gasteiger partial charge in [-0.1, -0.05) is 28.9 Å². The first-order valence-electron chi connectivity index (χ1n) is 5.41. The van der Waals surface area contributed by atoms with Gasteiger partial charge in [-0.15, -0.1) is 4.91 Å². The van der Waals surface area contributed by atoms with Crippen LogP contribution in [0.15, 0.2) is 29.4 Å². The van der Waals surface area contributed by atoms with Gasteiger partial charge in [0.2, 0.25) is 0 Å². The molecule has 1 aromatic carbocycles. The molecule has 1 rings (SSSR count). The maximum Gasteiger partial charge on any atom is 0.334 e. The molecule has 5 heteroatoms. The molecule has 0 radical (unpaired) electrons. The van der Waals surface area contributed by atoms with Crippen LogP contribution in [0.2, 0.25) is 5.02 Å². The molecule has 92 valence electrons. The van der Waals surface area contributed by atoms with Crippen molar-refractivity contribution in [3.8, 4) is 0 Å². The number of hydrogen-bond acceptors (Lipinski definition) is 4. The quantitative estimate of drug-likeness (QED) is 0.580. The molecule has 0 aliphatic carbocycles. The standard InChI is InChI=1S/C12H14ClNO3/c1-2-17-12(15)11(14-16)8-5-9-3-6-10(13)7-4-9/h3-4,6-7,11H,2,5,8H2,1H3. The summed E-state index contributed by atoms with van der Waals surface area (Å²) in [5.41, 5.74) is 1.01. The van der Waals surface area contributed by atoms with Gasteiger partial charge < -0.3 is 4.74 Å². The number of halogens is 1. The summed E-state index contributed by atoms with van der Waals surface area (Å²) >= 11 is 5.75. The van der Waals surface area contributed by atoms with Crippen molar-refractivity contribution in [1.82, 2.24) is 0 Å². The average Bonchev–Trinajstić information content (AvgIpc) is 2.32. The first-order chi connectivity index (χ1) is 8.17. The summed E-state index contributed by atoms with van der Waals surface area (Å²) in [5.74, 6) is -0.559. The topological polar surface area (TPSA) is 55.7 Å². The predicted octanol–water partition coefficient (Wildman–Crippen LogP) is 2.97. The minimum Gasteiger partial charge on any atom is -0.464 e. The fourth-order valence-electron chi connectivity index (χ4n) is 1.41. The number of rotatable bonds is 6. The van der Waals surface area contributed by atoms with E-state index in [0.717, 1.165) is 5.56 Å². The van der Waals surface area contributed by atoms with Gasteiger partial charge in [0.15, 0.2) is 6.04 Å². The molecule has 0 aliphatic rings. The summed E-state index contributed by atoms with van der Waals surface area (Å²) in [6.07, 6.45) is 0.941. The fraction of sp³-hybridized carbons (Fsp3) is 0.417. The number of hydrogen-bond donors (Lipinski definition) is 0. The van der Waals surface area contributed by atoms with Gasteiger partial charge in [0.25, 0.3) is 0 Å². The zero-order valence-corrected chi connectivity index (χ0v) is 10.3. The van der Waals surface area contributed by atoms with Gasteiger partial charge in [-0.05, 0) is 37.5 Å². The number of carbonyl (C=O) groups is 1. The molecule has 0 saturated heterocycles. The Balaban J connectivity index is 2.50. The lowest BCUT2D eigenvalue weighted by Crippen LogP contribution is -2.21. The molecule has 0 aliphatic heterocycles. The van der Waals surface area contributed by atoms with E-state index >= 15 is 0 Å². The first kappa shape index (κ1) is 13.6. The van der Waals surface area contributed by atoms with Crippen LogP contribution in [0.25, 0.3) is 0 Å². The number of esters is 1. The van der Waals surface area contributed by atoms with Crippen molar-refractivity contribution in [2.45, 2.75) is 25.8 Å². The SMILES string of the molecule is CCOC(=O)C(CCc1ccc(Cl)cc1)N=O. The third kappa shape index (κ3) is 4.53. The molecule has 0 amide bonds. The van der Waals surface area contributed by atoms with E-state index < -0.39 is 12.0 Å². The lowest BCUT2D eigenvalue weighted by atomic mass is 10.1. The fourth-order valence-corrected chi connectivity index (χ4v) is 1.53. The number of ether oxygens (including phenoxy) is 1. The van der Waals surface area contributed by atoms with E-state index in [0.29, 0.717) is 17.9 Å². The van der Waals surface area contributed by atoms with Crippen molar-refractivity contribution in [3.63, 3.8) is 0 Å². The molecule has 4 nitrogen and oxygen atoms in total. The molecular weight excluding hydrogens is 242 g/mol. The van der Waals surface area contributed by atoms with Gasteiger partial charge in [-0.25, -0.2) is 4.79 Å². The summed E-state index contributed by atoms with van der Waals surface area (Å²) in [6.45, 7) is 1.95. The van der Waals surface area contributed by atoms with Crippen LogP contribution in [0.4, 0.5) is 0 Å². The lowest BCUT2D eigenvalue weighted by molar-refractivity contribution is -0.144. The minimum atomic E-state index is -0.925. The number of nitrogens with zero attached hydrogens (tertiary/aromatic N) is 1. The second kappa shape index (κ2) is 7.01. The number of nitroso groups, excluding NO2 is 1. The molecule has 1 unspecified atom stereocenters. The lowest BCUT2D eigenvalue weighted by Gasteiger charge is -2.08. The molecule has 0 N–H and O–H groups in total. The maximum absolute atomic E-state index is 11.3. The van der Waals surface area contributed by atoms with Crippen LogP contribution in [-0.4, -0.2) is 18.6 Å². The maximum atomic E-state index is 11.3. The molecule has 1 atom stereocenters. The number of benzene rings is 1. The molecular formula is C12H14ClNO3. The first-order valence-corrected chi connectivity index (χ1v) is 5.78. The zero-order valence-electron chi connectivity index (χ0n) is 9.56. The van der Waals surface area contributed by atoms with E-state index in [2.05, 4.69) is 5.18 Å². The van der Waals surface area contributed by atoms with Crippen LogP contribution < -0.4 is 0 Å². The molecule has 0 fully saturated rings. The van der Waals surface area contributed by atoms with E-state index in [9.17, 15) is 9.70 Å². The monoisotopic (exact) mass is 255 g/mol. The Hall–Kier alpha value is -1.42. The molecule has 0 saturated carbocycles. The summed E-state index contributed by atoms with van der Waals surface area (Å²) < 4.78 is 4.75. The summed E-state index contributed by atoms with van der Waals surface area (Å²) in [4.78, 5) is 21.8. The van der Waals surface area contributed by atoms with Gasteiger partial charge in [-0.2, -0.15) is 0 Å². The number of carbonyl (C=O) groups excluding carboxylic acids is 1. The normalized spacial score (nSPS) is 11.9. The molecule has 0 heterocycles. The second-order valence-electron chi connectivity index (χ2n) is 3.54. The second-order valence-corrected chi connectivity index (χ2v) is 3.97. The average molecular weight is 256 g/mol. The minimum absolute atomic E-state index is 0.256. The van der Waals surface area contributed by atoms with Crippen molar-refractivity contribution in [3.05, 3.63) is 39.8 Å². The van der Waals surface area contributed by atoms with E-state index in [1.807, 2.05) is 12.1 Å². The van der Waals surface area contributed by atoms with Crippen molar-refractivity contribution in [2.75, 3.05) is 6.61 Å². The summed E-state index contributed by atoms with van der Waals surface area (Å²) in [5, 5.41) is 3.45. The highest BCUT2D eigenvalue weighted by atomic mass is 35.5. The van der Waals surface area contributed by atoms with Crippen molar-refractivity contribution in [2.24, 2.45) is 5.18 Å². The van der Waals surface area contributed by atoms with Crippen LogP contribution in [0, 0.1) is 4.91 Å². The summed E-state index contributed by atoms with van der Waals surface area (Å²) in [6, 6.07) is 6.32. The van der Waals surface area contributed by atoms with Crippen LogP contribution in [0.1, 0.15) is 18.9 Å². The third-order valence-electron chi connectivity index (χ3n) is 2.31. The molecule has 0 bridgehead atoms. The van der Waals surface area contributed by atoms with E-state index in [1.165, 1.54) is 0 Å². The zero-order chi connectivity index (χ0) is 12.7. The van der Waals surface area contributed by atoms with Crippen LogP contribution >= 0.6 is 11.6 Å². The predicted molar refractivity (Wildman–Crippen MR) is 66.0 cm³/mol. The van der Waals surface area contributed by atoms with Gasteiger partial charge >= 0.3 is 5.97 Å². The van der Waals surface area contributed by atoms with Gasteiger partial charge in [0.05, 0.1) is 6.61 Å². The van der Waals surface area contributed by atoms with Gasteiger partial charge in [0, 0.05) is 5.02 Å². The Morgan fingerprint density at radius 3 is 2.59 bits per heavy atom. The molecule has 17 heavy (non-hydrogen) atoms. The highest BCUT2D eigenvalue weighted by molar-refractivity contribution is 6.30. The van der Waals surface area contributed by atoms with Crippen LogP contribution in [-0.2, 0) is 16.0 Å². The van der Waals surface area contributed by atoms with Gasteiger partial charge in [0.1, 0.15) is 0 Å². The molecule has 1 aromatic rings. The van der Waals surface area contributed by atoms with E-state index in [4.69, 9.17) is 16.3 Å². The Bertz CT molecular complexity index is 378. The molecule has 0 aromatic heterocycles. The van der Waals surface area contributed by atoms with Crippen molar-refractivity contribution >= 4 is 17.6 Å². The van der Waals surface area contributed by atoms with E-state index in [1.54, 1.807) is 19.1 Å². The van der Waals surface area contributed by atoms with Crippen LogP contribution in [0.3, 0.4) is 0 Å². The highest BCUT2D eigenvalue weighted by Crippen LogP contribution is 2.13. The Morgan fingerprint density at radius 2 is 2.06 bits per heavy atom. The Labute approximate surface area is 105 Å². The van der Waals surface area contributed by atoms with E-state index in [-0.39, 0.29) is 6.61 Å². The number of aryl methyl sites for hydroxylation is 1.